The van der Waals surface area contributed by atoms with Crippen molar-refractivity contribution in [1.29, 1.82) is 0 Å². The maximum atomic E-state index is 13.3. The lowest BCUT2D eigenvalue weighted by molar-refractivity contribution is -0.288. The van der Waals surface area contributed by atoms with Crippen molar-refractivity contribution in [1.82, 2.24) is 10.0 Å². The van der Waals surface area contributed by atoms with E-state index in [4.69, 9.17) is 23.5 Å². The number of likely N-dealkylation sites (N-methyl/N-ethyl adjacent to an activating group) is 1. The van der Waals surface area contributed by atoms with E-state index in [1.165, 1.54) is 48.4 Å². The molecule has 0 amide bonds. The van der Waals surface area contributed by atoms with E-state index in [1.54, 1.807) is 30.6 Å². The molecule has 268 valence electrons. The van der Waals surface area contributed by atoms with Gasteiger partial charge in [0.05, 0.1) is 22.5 Å². The average Bonchev–Trinajstić information content (AvgIpc) is 3.68. The molecule has 6 rings (SSSR count). The summed E-state index contributed by atoms with van der Waals surface area (Å²) in [6, 6.07) is 8.87. The van der Waals surface area contributed by atoms with Crippen LogP contribution in [0, 0.1) is 5.92 Å². The van der Waals surface area contributed by atoms with Crippen LogP contribution in [0.1, 0.15) is 25.8 Å². The summed E-state index contributed by atoms with van der Waals surface area (Å²) < 4.78 is 24.6. The monoisotopic (exact) mass is 703 g/mol. The van der Waals surface area contributed by atoms with Gasteiger partial charge in [-0.2, -0.15) is 4.73 Å². The highest BCUT2D eigenvalue weighted by Gasteiger charge is 2.49. The van der Waals surface area contributed by atoms with Crippen LogP contribution in [0.25, 0.3) is 34.2 Å². The van der Waals surface area contributed by atoms with Gasteiger partial charge in [-0.05, 0) is 55.3 Å². The Bertz CT molecular complexity index is 2140. The smallest absolute Gasteiger partial charge is 0.334 e. The predicted octanol–water partition coefficient (Wildman–Crippen LogP) is 0.936. The highest BCUT2D eigenvalue weighted by Crippen LogP contribution is 2.29. The largest absolute Gasteiger partial charge is 0.508 e. The summed E-state index contributed by atoms with van der Waals surface area (Å²) in [5.74, 6) is -2.09. The van der Waals surface area contributed by atoms with Gasteiger partial charge in [-0.1, -0.05) is 32.1 Å². The number of carboxylic acids is 1. The molecule has 0 spiro atoms. The van der Waals surface area contributed by atoms with Crippen LogP contribution in [-0.4, -0.2) is 87.5 Å². The number of phenolic OH excluding ortho intramolecular Hbond substituents is 1. The Morgan fingerprint density at radius 3 is 2.59 bits per heavy atom. The molecule has 2 aromatic heterocycles. The summed E-state index contributed by atoms with van der Waals surface area (Å²) in [5, 5.41) is 45.3. The number of nitrogens with one attached hydrogen (secondary N) is 1. The quantitative estimate of drug-likeness (QED) is 0.103. The minimum Gasteiger partial charge on any atom is -0.508 e. The van der Waals surface area contributed by atoms with E-state index in [1.807, 2.05) is 6.08 Å². The first-order valence-electron chi connectivity index (χ1n) is 16.2. The van der Waals surface area contributed by atoms with Gasteiger partial charge in [0.2, 0.25) is 18.4 Å². The van der Waals surface area contributed by atoms with Crippen molar-refractivity contribution in [3.63, 3.8) is 0 Å². The molecule has 0 bridgehead atoms. The van der Waals surface area contributed by atoms with Crippen molar-refractivity contribution in [2.45, 2.75) is 57.0 Å². The number of benzene rings is 2. The Kier molecular flexibility index (Phi) is 10.2. The molecular formula is C36H37N3O12. The summed E-state index contributed by atoms with van der Waals surface area (Å²) >= 11 is 0. The summed E-state index contributed by atoms with van der Waals surface area (Å²) in [6.07, 6.45) is 1.55. The minimum atomic E-state index is -1.67. The summed E-state index contributed by atoms with van der Waals surface area (Å²) in [6.45, 7) is 3.49. The number of hydrogen-bond acceptors (Lipinski definition) is 13. The number of hydrogen-bond donors (Lipinski definition) is 5. The lowest BCUT2D eigenvalue weighted by Gasteiger charge is -2.41. The molecule has 6 atom stereocenters. The average molecular weight is 704 g/mol. The highest BCUT2D eigenvalue weighted by atomic mass is 16.8. The number of carbonyl (C=O) groups excluding carboxylic acids is 1. The molecule has 2 aliphatic heterocycles. The Morgan fingerprint density at radius 1 is 1.12 bits per heavy atom. The van der Waals surface area contributed by atoms with Gasteiger partial charge in [0, 0.05) is 17.8 Å². The van der Waals surface area contributed by atoms with Crippen molar-refractivity contribution < 1.29 is 53.5 Å². The summed E-state index contributed by atoms with van der Waals surface area (Å²) in [5.41, 5.74) is 1.45. The Hall–Kier alpha value is -5.48. The predicted molar refractivity (Wildman–Crippen MR) is 181 cm³/mol. The lowest BCUT2D eigenvalue weighted by Crippen LogP contribution is -2.64. The van der Waals surface area contributed by atoms with Crippen LogP contribution < -0.4 is 31.0 Å². The Labute approximate surface area is 290 Å². The third-order valence-electron chi connectivity index (χ3n) is 8.47. The van der Waals surface area contributed by atoms with Gasteiger partial charge >= 0.3 is 11.9 Å². The Balaban J connectivity index is 1.32. The van der Waals surface area contributed by atoms with Gasteiger partial charge < -0.3 is 43.9 Å². The molecular weight excluding hydrogens is 666 g/mol. The number of rotatable bonds is 12. The van der Waals surface area contributed by atoms with E-state index in [-0.39, 0.29) is 33.5 Å². The number of aromatic nitrogens is 1. The fourth-order valence-corrected chi connectivity index (χ4v) is 5.71. The highest BCUT2D eigenvalue weighted by molar-refractivity contribution is 5.98. The van der Waals surface area contributed by atoms with Gasteiger partial charge in [0.25, 0.3) is 0 Å². The number of fused-ring (bicyclic) bond motifs is 2. The minimum absolute atomic E-state index is 0.0519. The molecule has 1 fully saturated rings. The first-order valence-corrected chi connectivity index (χ1v) is 16.2. The third kappa shape index (κ3) is 7.37. The molecule has 2 aliphatic rings. The first-order chi connectivity index (χ1) is 24.4. The summed E-state index contributed by atoms with van der Waals surface area (Å²) in [7, 11) is 1.27. The molecule has 0 radical (unpaired) electrons. The molecule has 0 saturated carbocycles. The van der Waals surface area contributed by atoms with Gasteiger partial charge in [0.1, 0.15) is 53.6 Å². The zero-order valence-corrected chi connectivity index (χ0v) is 27.8. The molecule has 2 aromatic carbocycles. The van der Waals surface area contributed by atoms with Crippen molar-refractivity contribution in [3.8, 4) is 22.6 Å². The molecule has 15 nitrogen and oxygen atoms in total. The molecule has 4 aromatic rings. The van der Waals surface area contributed by atoms with E-state index < -0.39 is 55.3 Å². The number of aliphatic hydroxyl groups is 2. The number of aliphatic hydroxyl groups excluding tert-OH is 2. The molecule has 5 N–H and O–H groups in total. The second-order valence-electron chi connectivity index (χ2n) is 12.5. The number of aromatic hydroxyl groups is 1. The first kappa shape index (κ1) is 35.3. The van der Waals surface area contributed by atoms with Gasteiger partial charge in [-0.25, -0.2) is 9.59 Å². The van der Waals surface area contributed by atoms with Crippen molar-refractivity contribution >= 4 is 35.1 Å². The zero-order valence-electron chi connectivity index (χ0n) is 27.8. The maximum Gasteiger partial charge on any atom is 0.334 e. The second kappa shape index (κ2) is 14.8. The third-order valence-corrected chi connectivity index (χ3v) is 8.47. The Morgan fingerprint density at radius 2 is 1.88 bits per heavy atom. The molecule has 51 heavy (non-hydrogen) atoms. The van der Waals surface area contributed by atoms with Crippen LogP contribution in [0.4, 0.5) is 0 Å². The number of aliphatic carboxylic acids is 1. The number of carboxylic acid groups (broad SMARTS) is 1. The SMILES string of the molecule is CN[C@H](C(=O)O)C(=O)OC[C@@H]1O[C@H](Oc2ccc3c(=O)c(-c4ccc(O)cc4)coc3c2)[C@H](On2cc3c(c2=CCC(C)C)=NC=C3)[C@H](O)[C@H]1O. The van der Waals surface area contributed by atoms with Crippen LogP contribution in [0.5, 0.6) is 11.5 Å². The van der Waals surface area contributed by atoms with Crippen LogP contribution >= 0.6 is 0 Å². The van der Waals surface area contributed by atoms with Crippen LogP contribution in [-0.2, 0) is 19.1 Å². The second-order valence-corrected chi connectivity index (χ2v) is 12.5. The fourth-order valence-electron chi connectivity index (χ4n) is 5.71. The van der Waals surface area contributed by atoms with E-state index in [0.29, 0.717) is 28.6 Å². The lowest BCUT2D eigenvalue weighted by atomic mass is 9.99. The van der Waals surface area contributed by atoms with Crippen LogP contribution in [0.15, 0.2) is 75.3 Å². The standard InChI is InChI=1S/C36H37N3O12/c1-18(2)4-11-25-28-20(12-13-38-28)15-39(25)51-33-32(43)31(42)27(17-48-35(46)29(37-3)34(44)45)50-36(33)49-22-9-10-23-26(14-22)47-16-24(30(23)41)19-5-7-21(40)8-6-19/h5-16,18,27,29,31-33,36-37,40,42-43H,4,17H2,1-3H3,(H,44,45)/t27-,29+,31-,32+,33+,36-/m0/s1. The maximum absolute atomic E-state index is 13.3. The van der Waals surface area contributed by atoms with Crippen molar-refractivity contribution in [2.75, 3.05) is 13.7 Å². The van der Waals surface area contributed by atoms with E-state index in [2.05, 4.69) is 24.2 Å². The number of ether oxygens (including phenoxy) is 3. The normalized spacial score (nSPS) is 22.1. The van der Waals surface area contributed by atoms with Crippen molar-refractivity contribution in [3.05, 3.63) is 87.6 Å². The molecule has 4 heterocycles. The van der Waals surface area contributed by atoms with Crippen LogP contribution in [0.2, 0.25) is 0 Å². The van der Waals surface area contributed by atoms with Gasteiger partial charge in [-0.3, -0.25) is 15.1 Å². The zero-order chi connectivity index (χ0) is 36.4. The number of nitrogens with zero attached hydrogens (tertiary/aromatic N) is 2. The topological polar surface area (TPSA) is 212 Å². The molecule has 15 heteroatoms. The van der Waals surface area contributed by atoms with E-state index in [9.17, 15) is 34.8 Å². The van der Waals surface area contributed by atoms with Crippen molar-refractivity contribution in [2.24, 2.45) is 10.9 Å². The summed E-state index contributed by atoms with van der Waals surface area (Å²) in [4.78, 5) is 47.9. The van der Waals surface area contributed by atoms with Crippen LogP contribution in [0.3, 0.4) is 0 Å². The van der Waals surface area contributed by atoms with E-state index >= 15 is 0 Å². The number of carbonyl (C=O) groups is 2. The number of phenols is 1. The van der Waals surface area contributed by atoms with E-state index in [0.717, 1.165) is 5.56 Å². The molecule has 0 unspecified atom stereocenters. The fraction of sp³-hybridized carbons (Fsp3) is 0.333. The molecule has 0 aliphatic carbocycles. The number of esters is 1. The molecule has 1 saturated heterocycles. The van der Waals surface area contributed by atoms with Gasteiger partial charge in [0.15, 0.2) is 5.43 Å². The van der Waals surface area contributed by atoms with Gasteiger partial charge in [-0.15, -0.1) is 0 Å².